The minimum atomic E-state index is -0.594. The molecular weight excluding hydrogens is 1000 g/mol. The molecule has 0 radical (unpaired) electrons. The van der Waals surface area contributed by atoms with E-state index in [2.05, 4.69) is 62.3 Å². The SMILES string of the molecule is CC(N)COCC(COCC(C)N)(COCC(C)N)COCC(C)OCC(C)N.CCC(C)COC(CC)COCC(COCC(CC)OCC(N)CC)(COCC(CC)OCC(N)CC)COCC(CC)OCC(N)CC. The molecule has 0 amide bonds. The molecule has 472 valence electrons. The zero-order valence-corrected chi connectivity index (χ0v) is 52.4. The Balaban J connectivity index is 0. The summed E-state index contributed by atoms with van der Waals surface area (Å²) in [5.41, 5.74) is 40.5. The zero-order chi connectivity index (χ0) is 59.2. The maximum atomic E-state index is 6.44. The monoisotopic (exact) mass is 1130 g/mol. The Bertz CT molecular complexity index is 1130. The van der Waals surface area contributed by atoms with E-state index in [-0.39, 0.29) is 72.8 Å². The van der Waals surface area contributed by atoms with E-state index in [1.165, 1.54) is 0 Å². The predicted octanol–water partition coefficient (Wildman–Crippen LogP) is 5.31. The maximum Gasteiger partial charge on any atom is 0.0806 e. The van der Waals surface area contributed by atoms with Crippen molar-refractivity contribution in [1.82, 2.24) is 0 Å². The van der Waals surface area contributed by atoms with Gasteiger partial charge in [0.05, 0.1) is 173 Å². The van der Waals surface area contributed by atoms with Gasteiger partial charge < -0.3 is 102 Å². The van der Waals surface area contributed by atoms with Gasteiger partial charge in [0.25, 0.3) is 0 Å². The van der Waals surface area contributed by atoms with Crippen molar-refractivity contribution < 1.29 is 61.6 Å². The van der Waals surface area contributed by atoms with Gasteiger partial charge in [0.1, 0.15) is 0 Å². The van der Waals surface area contributed by atoms with Crippen LogP contribution in [0.3, 0.4) is 0 Å². The van der Waals surface area contributed by atoms with Crippen LogP contribution in [0.1, 0.15) is 148 Å². The summed E-state index contributed by atoms with van der Waals surface area (Å²) in [4.78, 5) is 0. The van der Waals surface area contributed by atoms with Crippen molar-refractivity contribution in [3.8, 4) is 0 Å². The van der Waals surface area contributed by atoms with Gasteiger partial charge >= 0.3 is 0 Å². The third-order valence-corrected chi connectivity index (χ3v) is 13.0. The van der Waals surface area contributed by atoms with Crippen molar-refractivity contribution in [2.75, 3.05) is 139 Å². The molecule has 0 rings (SSSR count). The average Bonchev–Trinajstić information content (AvgIpc) is 3.40. The smallest absolute Gasteiger partial charge is 0.0806 e. The molecule has 0 saturated heterocycles. The minimum absolute atomic E-state index is 0.0105. The highest BCUT2D eigenvalue weighted by Gasteiger charge is 2.35. The van der Waals surface area contributed by atoms with Crippen LogP contribution in [-0.4, -0.2) is 212 Å². The van der Waals surface area contributed by atoms with Gasteiger partial charge in [-0.05, 0) is 85.5 Å². The van der Waals surface area contributed by atoms with Crippen LogP contribution in [0.2, 0.25) is 0 Å². The van der Waals surface area contributed by atoms with Gasteiger partial charge in [0, 0.05) is 48.9 Å². The summed E-state index contributed by atoms with van der Waals surface area (Å²) in [6.45, 7) is 37.9. The predicted molar refractivity (Wildman–Crippen MR) is 316 cm³/mol. The Labute approximate surface area is 476 Å². The first kappa shape index (κ1) is 79.3. The molecule has 0 spiro atoms. The lowest BCUT2D eigenvalue weighted by Gasteiger charge is -2.35. The molecule has 0 saturated carbocycles. The van der Waals surface area contributed by atoms with E-state index >= 15 is 0 Å². The van der Waals surface area contributed by atoms with Crippen molar-refractivity contribution >= 4 is 0 Å². The quantitative estimate of drug-likeness (QED) is 0.0406. The van der Waals surface area contributed by atoms with Crippen LogP contribution in [0.5, 0.6) is 0 Å². The van der Waals surface area contributed by atoms with Crippen LogP contribution in [0.4, 0.5) is 0 Å². The van der Waals surface area contributed by atoms with E-state index in [1.807, 2.05) is 34.6 Å². The Kier molecular flexibility index (Phi) is 51.5. The molecule has 0 aliphatic heterocycles. The van der Waals surface area contributed by atoms with E-state index in [0.717, 1.165) is 58.0 Å². The second kappa shape index (κ2) is 50.7. The third kappa shape index (κ3) is 44.7. The molecule has 0 fully saturated rings. The van der Waals surface area contributed by atoms with Crippen LogP contribution >= 0.6 is 0 Å². The van der Waals surface area contributed by atoms with Crippen molar-refractivity contribution in [2.45, 2.75) is 221 Å². The van der Waals surface area contributed by atoms with Gasteiger partial charge in [-0.3, -0.25) is 0 Å². The van der Waals surface area contributed by atoms with E-state index in [0.29, 0.717) is 138 Å². The molecular formula is C58H127N7O13. The van der Waals surface area contributed by atoms with E-state index in [1.54, 1.807) is 0 Å². The molecule has 78 heavy (non-hydrogen) atoms. The Hall–Kier alpha value is -0.800. The van der Waals surface area contributed by atoms with Gasteiger partial charge in [-0.2, -0.15) is 0 Å². The lowest BCUT2D eigenvalue weighted by Crippen LogP contribution is -2.44. The molecule has 0 aromatic heterocycles. The van der Waals surface area contributed by atoms with Crippen molar-refractivity contribution in [3.05, 3.63) is 0 Å². The molecule has 0 aliphatic carbocycles. The highest BCUT2D eigenvalue weighted by Crippen LogP contribution is 2.24. The average molecular weight is 1130 g/mol. The minimum Gasteiger partial charge on any atom is -0.379 e. The van der Waals surface area contributed by atoms with Crippen LogP contribution in [0.15, 0.2) is 0 Å². The Morgan fingerprint density at radius 3 is 0.731 bits per heavy atom. The maximum absolute atomic E-state index is 6.44. The molecule has 0 aromatic rings. The molecule has 0 aliphatic rings. The second-order valence-electron chi connectivity index (χ2n) is 22.6. The van der Waals surface area contributed by atoms with Gasteiger partial charge in [-0.15, -0.1) is 0 Å². The number of hydrogen-bond donors (Lipinski definition) is 7. The summed E-state index contributed by atoms with van der Waals surface area (Å²) in [6, 6.07) is -0.155. The van der Waals surface area contributed by atoms with Crippen molar-refractivity contribution in [3.63, 3.8) is 0 Å². The third-order valence-electron chi connectivity index (χ3n) is 13.0. The number of hydrogen-bond acceptors (Lipinski definition) is 20. The molecule has 0 aromatic carbocycles. The lowest BCUT2D eigenvalue weighted by atomic mass is 9.92. The fourth-order valence-electron chi connectivity index (χ4n) is 7.00. The van der Waals surface area contributed by atoms with Crippen LogP contribution < -0.4 is 40.1 Å². The Morgan fingerprint density at radius 1 is 0.256 bits per heavy atom. The highest BCUT2D eigenvalue weighted by atomic mass is 16.6. The van der Waals surface area contributed by atoms with Crippen molar-refractivity contribution in [1.29, 1.82) is 0 Å². The van der Waals surface area contributed by atoms with Crippen LogP contribution in [0.25, 0.3) is 0 Å². The number of ether oxygens (including phenoxy) is 13. The number of rotatable bonds is 55. The fourth-order valence-corrected chi connectivity index (χ4v) is 7.00. The standard InChI is InChI=1S/C38H81N3O8.C20H46N4O5/c1-10-30(9)18-46-34(14-5)22-42-26-38(27-43-23-35(15-6)47-19-31(39)11-2,28-44-24-36(16-7)48-20-32(40)12-3)29-45-25-37(17-8)49-21-33(41)13-4;1-15(21)6-25-11-20(12-26-7-16(2)22,13-27-8-17(3)23)14-28-10-19(5)29-9-18(4)24/h30-37H,10-29,39-41H2,1-9H3;15-19H,6-14,21-24H2,1-5H3. The first-order chi connectivity index (χ1) is 37.1. The summed E-state index contributed by atoms with van der Waals surface area (Å²) < 4.78 is 79.3. The lowest BCUT2D eigenvalue weighted by molar-refractivity contribution is -0.143. The molecule has 0 bridgehead atoms. The molecule has 20 nitrogen and oxygen atoms in total. The van der Waals surface area contributed by atoms with Gasteiger partial charge in [0.2, 0.25) is 0 Å². The van der Waals surface area contributed by atoms with E-state index in [4.69, 9.17) is 102 Å². The molecule has 13 atom stereocenters. The summed E-state index contributed by atoms with van der Waals surface area (Å²) in [5, 5.41) is 0. The van der Waals surface area contributed by atoms with Gasteiger partial charge in [0.15, 0.2) is 0 Å². The first-order valence-electron chi connectivity index (χ1n) is 30.1. The molecule has 20 heteroatoms. The normalized spacial score (nSPS) is 18.7. The summed E-state index contributed by atoms with van der Waals surface area (Å²) in [6.07, 6.45) is 6.79. The molecule has 14 N–H and O–H groups in total. The summed E-state index contributed by atoms with van der Waals surface area (Å²) in [7, 11) is 0. The van der Waals surface area contributed by atoms with Crippen molar-refractivity contribution in [2.24, 2.45) is 56.9 Å². The molecule has 13 unspecified atom stereocenters. The summed E-state index contributed by atoms with van der Waals surface area (Å²) in [5.74, 6) is 0.505. The second-order valence-corrected chi connectivity index (χ2v) is 22.6. The van der Waals surface area contributed by atoms with E-state index in [9.17, 15) is 0 Å². The van der Waals surface area contributed by atoms with Crippen LogP contribution in [0, 0.1) is 16.7 Å². The zero-order valence-electron chi connectivity index (χ0n) is 52.4. The van der Waals surface area contributed by atoms with Crippen LogP contribution in [-0.2, 0) is 61.6 Å². The van der Waals surface area contributed by atoms with Gasteiger partial charge in [-0.1, -0.05) is 68.7 Å². The number of nitrogens with two attached hydrogens (primary N) is 7. The fraction of sp³-hybridized carbons (Fsp3) is 1.00. The first-order valence-corrected chi connectivity index (χ1v) is 30.1. The topological polar surface area (TPSA) is 302 Å². The summed E-state index contributed by atoms with van der Waals surface area (Å²) >= 11 is 0. The largest absolute Gasteiger partial charge is 0.379 e. The molecule has 0 heterocycles. The Morgan fingerprint density at radius 2 is 0.500 bits per heavy atom. The highest BCUT2D eigenvalue weighted by molar-refractivity contribution is 4.82. The van der Waals surface area contributed by atoms with E-state index < -0.39 is 10.8 Å². The van der Waals surface area contributed by atoms with Gasteiger partial charge in [-0.25, -0.2) is 0 Å².